The molecule has 2 atom stereocenters. The Morgan fingerprint density at radius 1 is 1.32 bits per heavy atom. The highest BCUT2D eigenvalue weighted by Gasteiger charge is 2.42. The summed E-state index contributed by atoms with van der Waals surface area (Å²) in [6.45, 7) is 5.16. The summed E-state index contributed by atoms with van der Waals surface area (Å²) in [7, 11) is 0. The van der Waals surface area contributed by atoms with E-state index in [2.05, 4.69) is 13.8 Å². The van der Waals surface area contributed by atoms with Gasteiger partial charge in [0.1, 0.15) is 0 Å². The highest BCUT2D eigenvalue weighted by atomic mass is 16.5. The van der Waals surface area contributed by atoms with Crippen molar-refractivity contribution in [1.29, 1.82) is 0 Å². The Morgan fingerprint density at radius 3 is 2.68 bits per heavy atom. The molecule has 0 radical (unpaired) electrons. The zero-order chi connectivity index (χ0) is 14.0. The molecule has 5 nitrogen and oxygen atoms in total. The van der Waals surface area contributed by atoms with Gasteiger partial charge in [-0.2, -0.15) is 0 Å². The van der Waals surface area contributed by atoms with E-state index in [1.807, 2.05) is 0 Å². The number of carboxylic acids is 1. The van der Waals surface area contributed by atoms with Crippen LogP contribution in [0.1, 0.15) is 39.5 Å². The van der Waals surface area contributed by atoms with Gasteiger partial charge in [-0.15, -0.1) is 0 Å². The highest BCUT2D eigenvalue weighted by molar-refractivity contribution is 5.86. The van der Waals surface area contributed by atoms with Gasteiger partial charge in [-0.05, 0) is 18.3 Å². The molecular formula is C14H23NO4. The lowest BCUT2D eigenvalue weighted by Crippen LogP contribution is -2.56. The number of hydrogen-bond donors (Lipinski definition) is 1. The number of aliphatic carboxylic acids is 1. The van der Waals surface area contributed by atoms with Crippen LogP contribution in [0.25, 0.3) is 0 Å². The van der Waals surface area contributed by atoms with Crippen LogP contribution in [0, 0.1) is 11.3 Å². The van der Waals surface area contributed by atoms with Gasteiger partial charge in [0.2, 0.25) is 5.91 Å². The van der Waals surface area contributed by atoms with Gasteiger partial charge in [0, 0.05) is 12.5 Å². The minimum absolute atomic E-state index is 0.000370. The van der Waals surface area contributed by atoms with E-state index in [1.54, 1.807) is 0 Å². The molecule has 19 heavy (non-hydrogen) atoms. The number of nitrogens with zero attached hydrogens (tertiary/aromatic N) is 1. The topological polar surface area (TPSA) is 66.8 Å². The van der Waals surface area contributed by atoms with Gasteiger partial charge < -0.3 is 14.7 Å². The zero-order valence-corrected chi connectivity index (χ0v) is 11.7. The first-order valence-electron chi connectivity index (χ1n) is 7.04. The molecule has 2 aliphatic rings. The van der Waals surface area contributed by atoms with Crippen LogP contribution >= 0.6 is 0 Å². The summed E-state index contributed by atoms with van der Waals surface area (Å²) < 4.78 is 5.19. The number of rotatable bonds is 2. The van der Waals surface area contributed by atoms with Crippen LogP contribution < -0.4 is 0 Å². The van der Waals surface area contributed by atoms with E-state index >= 15 is 0 Å². The second-order valence-electron chi connectivity index (χ2n) is 6.25. The third-order valence-electron chi connectivity index (χ3n) is 4.50. The van der Waals surface area contributed by atoms with Crippen molar-refractivity contribution < 1.29 is 19.4 Å². The molecule has 0 aromatic rings. The molecule has 1 heterocycles. The molecule has 5 heteroatoms. The fraction of sp³-hybridized carbons (Fsp3) is 0.857. The number of carboxylic acid groups (broad SMARTS) is 1. The van der Waals surface area contributed by atoms with E-state index in [9.17, 15) is 14.7 Å². The maximum Gasteiger partial charge on any atom is 0.328 e. The molecule has 108 valence electrons. The van der Waals surface area contributed by atoms with Gasteiger partial charge in [0.25, 0.3) is 0 Å². The van der Waals surface area contributed by atoms with Crippen LogP contribution in [0.5, 0.6) is 0 Å². The predicted molar refractivity (Wildman–Crippen MR) is 69.7 cm³/mol. The molecule has 0 spiro atoms. The first kappa shape index (κ1) is 14.3. The van der Waals surface area contributed by atoms with Crippen LogP contribution in [0.2, 0.25) is 0 Å². The summed E-state index contributed by atoms with van der Waals surface area (Å²) in [5.74, 6) is -1.02. The molecule has 1 saturated heterocycles. The van der Waals surface area contributed by atoms with Crippen molar-refractivity contribution in [3.63, 3.8) is 0 Å². The molecule has 1 N–H and O–H groups in total. The molecule has 1 aliphatic heterocycles. The van der Waals surface area contributed by atoms with Crippen molar-refractivity contribution >= 4 is 11.9 Å². The molecule has 0 aromatic heterocycles. The standard InChI is InChI=1S/C14H23NO4/c1-14(2)6-4-3-5-10(14)12(16)15-7-8-19-9-11(15)13(17)18/h10-11H,3-9H2,1-2H3,(H,17,18). The second kappa shape index (κ2) is 5.49. The van der Waals surface area contributed by atoms with E-state index in [0.717, 1.165) is 25.7 Å². The fourth-order valence-electron chi connectivity index (χ4n) is 3.22. The number of amides is 1. The number of carbonyl (C=O) groups excluding carboxylic acids is 1. The summed E-state index contributed by atoms with van der Waals surface area (Å²) in [5.41, 5.74) is -0.0311. The number of morpholine rings is 1. The van der Waals surface area contributed by atoms with Crippen LogP contribution in [-0.4, -0.2) is 47.7 Å². The van der Waals surface area contributed by atoms with Gasteiger partial charge in [0.15, 0.2) is 6.04 Å². The lowest BCUT2D eigenvalue weighted by Gasteiger charge is -2.42. The van der Waals surface area contributed by atoms with Crippen molar-refractivity contribution in [1.82, 2.24) is 4.90 Å². The lowest BCUT2D eigenvalue weighted by molar-refractivity contribution is -0.163. The smallest absolute Gasteiger partial charge is 0.328 e. The molecule has 1 amide bonds. The third kappa shape index (κ3) is 2.91. The van der Waals surface area contributed by atoms with Gasteiger partial charge in [-0.1, -0.05) is 26.7 Å². The monoisotopic (exact) mass is 269 g/mol. The maximum atomic E-state index is 12.7. The summed E-state index contributed by atoms with van der Waals surface area (Å²) in [5, 5.41) is 9.21. The Labute approximate surface area is 113 Å². The minimum Gasteiger partial charge on any atom is -0.480 e. The summed E-state index contributed by atoms with van der Waals surface area (Å²) in [6, 6.07) is -0.820. The average Bonchev–Trinajstić information content (AvgIpc) is 2.37. The number of ether oxygens (including phenoxy) is 1. The lowest BCUT2D eigenvalue weighted by atomic mass is 9.68. The predicted octanol–water partition coefficient (Wildman–Crippen LogP) is 1.51. The van der Waals surface area contributed by atoms with Crippen molar-refractivity contribution in [3.8, 4) is 0 Å². The summed E-state index contributed by atoms with van der Waals surface area (Å²) in [4.78, 5) is 25.4. The Hall–Kier alpha value is -1.10. The molecule has 2 fully saturated rings. The molecule has 1 saturated carbocycles. The van der Waals surface area contributed by atoms with Gasteiger partial charge in [0.05, 0.1) is 13.2 Å². The van der Waals surface area contributed by atoms with Gasteiger partial charge >= 0.3 is 5.97 Å². The SMILES string of the molecule is CC1(C)CCCCC1C(=O)N1CCOCC1C(=O)O. The van der Waals surface area contributed by atoms with Crippen LogP contribution in [-0.2, 0) is 14.3 Å². The van der Waals surface area contributed by atoms with Crippen LogP contribution in [0.15, 0.2) is 0 Å². The van der Waals surface area contributed by atoms with E-state index in [0.29, 0.717) is 13.2 Å². The first-order valence-corrected chi connectivity index (χ1v) is 7.04. The quantitative estimate of drug-likeness (QED) is 0.825. The van der Waals surface area contributed by atoms with Crippen LogP contribution in [0.4, 0.5) is 0 Å². The zero-order valence-electron chi connectivity index (χ0n) is 11.7. The van der Waals surface area contributed by atoms with Crippen molar-refractivity contribution in [3.05, 3.63) is 0 Å². The largest absolute Gasteiger partial charge is 0.480 e. The van der Waals surface area contributed by atoms with E-state index in [4.69, 9.17) is 4.74 Å². The molecule has 0 aromatic carbocycles. The molecule has 2 rings (SSSR count). The third-order valence-corrected chi connectivity index (χ3v) is 4.50. The van der Waals surface area contributed by atoms with Crippen molar-refractivity contribution in [2.75, 3.05) is 19.8 Å². The normalized spacial score (nSPS) is 30.9. The summed E-state index contributed by atoms with van der Waals surface area (Å²) >= 11 is 0. The first-order chi connectivity index (χ1) is 8.93. The summed E-state index contributed by atoms with van der Waals surface area (Å²) in [6.07, 6.45) is 4.12. The Kier molecular flexibility index (Phi) is 4.13. The molecule has 1 aliphatic carbocycles. The van der Waals surface area contributed by atoms with E-state index in [1.165, 1.54) is 4.90 Å². The number of hydrogen-bond acceptors (Lipinski definition) is 3. The Bertz CT molecular complexity index is 366. The van der Waals surface area contributed by atoms with Crippen molar-refractivity contribution in [2.24, 2.45) is 11.3 Å². The Morgan fingerprint density at radius 2 is 2.05 bits per heavy atom. The minimum atomic E-state index is -0.971. The highest BCUT2D eigenvalue weighted by Crippen LogP contribution is 2.41. The van der Waals surface area contributed by atoms with Gasteiger partial charge in [-0.25, -0.2) is 4.79 Å². The molecule has 0 bridgehead atoms. The fourth-order valence-corrected chi connectivity index (χ4v) is 3.22. The van der Waals surface area contributed by atoms with E-state index < -0.39 is 12.0 Å². The number of carbonyl (C=O) groups is 2. The van der Waals surface area contributed by atoms with Crippen molar-refractivity contribution in [2.45, 2.75) is 45.6 Å². The van der Waals surface area contributed by atoms with Crippen LogP contribution in [0.3, 0.4) is 0 Å². The van der Waals surface area contributed by atoms with Gasteiger partial charge in [-0.3, -0.25) is 4.79 Å². The molecular weight excluding hydrogens is 246 g/mol. The van der Waals surface area contributed by atoms with E-state index in [-0.39, 0.29) is 23.8 Å². The second-order valence-corrected chi connectivity index (χ2v) is 6.25. The average molecular weight is 269 g/mol. The molecule has 2 unspecified atom stereocenters. The Balaban J connectivity index is 2.14. The maximum absolute atomic E-state index is 12.7.